The lowest BCUT2D eigenvalue weighted by molar-refractivity contribution is -0.134. The Kier molecular flexibility index (Phi) is 5.10. The van der Waals surface area contributed by atoms with Gasteiger partial charge in [0.05, 0.1) is 13.1 Å². The first-order chi connectivity index (χ1) is 11.0. The molecule has 2 fully saturated rings. The van der Waals surface area contributed by atoms with Crippen LogP contribution in [0.2, 0.25) is 0 Å². The van der Waals surface area contributed by atoms with E-state index in [-0.39, 0.29) is 5.91 Å². The molecule has 0 spiro atoms. The summed E-state index contributed by atoms with van der Waals surface area (Å²) in [6.45, 7) is 5.43. The summed E-state index contributed by atoms with van der Waals surface area (Å²) >= 11 is 0. The van der Waals surface area contributed by atoms with E-state index < -0.39 is 0 Å². The maximum absolute atomic E-state index is 12.8. The van der Waals surface area contributed by atoms with E-state index in [0.29, 0.717) is 31.1 Å². The molecule has 0 bridgehead atoms. The molecule has 2 aliphatic rings. The van der Waals surface area contributed by atoms with Gasteiger partial charge in [-0.15, -0.1) is 0 Å². The lowest BCUT2D eigenvalue weighted by atomic mass is 9.85. The summed E-state index contributed by atoms with van der Waals surface area (Å²) in [5, 5.41) is 0. The fraction of sp³-hybridized carbons (Fsp3) is 0.737. The Bertz CT molecular complexity index is 535. The summed E-state index contributed by atoms with van der Waals surface area (Å²) in [5.41, 5.74) is 0. The molecule has 0 unspecified atom stereocenters. The van der Waals surface area contributed by atoms with Crippen molar-refractivity contribution >= 4 is 5.91 Å². The van der Waals surface area contributed by atoms with Gasteiger partial charge in [0.2, 0.25) is 5.91 Å². The maximum atomic E-state index is 12.8. The highest BCUT2D eigenvalue weighted by Gasteiger charge is 2.34. The summed E-state index contributed by atoms with van der Waals surface area (Å²) < 4.78 is 5.67. The molecule has 1 aromatic rings. The number of likely N-dealkylation sites (N-methyl/N-ethyl adjacent to an activating group) is 1. The highest BCUT2D eigenvalue weighted by atomic mass is 16.3. The van der Waals surface area contributed by atoms with Crippen molar-refractivity contribution < 1.29 is 9.21 Å². The Labute approximate surface area is 139 Å². The van der Waals surface area contributed by atoms with E-state index >= 15 is 0 Å². The van der Waals surface area contributed by atoms with Crippen LogP contribution in [0.25, 0.3) is 0 Å². The molecule has 0 saturated heterocycles. The van der Waals surface area contributed by atoms with Gasteiger partial charge >= 0.3 is 0 Å². The van der Waals surface area contributed by atoms with Crippen LogP contribution >= 0.6 is 0 Å². The summed E-state index contributed by atoms with van der Waals surface area (Å²) in [4.78, 5) is 17.2. The van der Waals surface area contributed by atoms with Gasteiger partial charge in [-0.3, -0.25) is 9.69 Å². The average Bonchev–Trinajstić information content (AvgIpc) is 3.27. The molecular weight excluding hydrogens is 288 g/mol. The molecule has 0 aliphatic heterocycles. The molecule has 4 heteroatoms. The van der Waals surface area contributed by atoms with Crippen molar-refractivity contribution in [3.05, 3.63) is 23.7 Å². The predicted molar refractivity (Wildman–Crippen MR) is 91.1 cm³/mol. The van der Waals surface area contributed by atoms with E-state index in [4.69, 9.17) is 4.42 Å². The van der Waals surface area contributed by atoms with Gasteiger partial charge in [-0.05, 0) is 57.7 Å². The van der Waals surface area contributed by atoms with Crippen LogP contribution in [0.1, 0.15) is 57.0 Å². The number of aryl methyl sites for hydroxylation is 1. The zero-order chi connectivity index (χ0) is 16.4. The van der Waals surface area contributed by atoms with E-state index in [9.17, 15) is 4.79 Å². The fourth-order valence-corrected chi connectivity index (χ4v) is 3.92. The molecule has 128 valence electrons. The zero-order valence-corrected chi connectivity index (χ0v) is 14.8. The summed E-state index contributed by atoms with van der Waals surface area (Å²) in [6.07, 6.45) is 7.42. The molecule has 1 aromatic heterocycles. The molecule has 3 rings (SSSR count). The molecule has 4 nitrogen and oxygen atoms in total. The zero-order valence-electron chi connectivity index (χ0n) is 14.8. The molecule has 0 N–H and O–H groups in total. The first kappa shape index (κ1) is 16.6. The van der Waals surface area contributed by atoms with Gasteiger partial charge in [-0.1, -0.05) is 19.8 Å². The number of amides is 1. The van der Waals surface area contributed by atoms with Crippen LogP contribution in [-0.4, -0.2) is 41.4 Å². The second-order valence-corrected chi connectivity index (χ2v) is 7.51. The van der Waals surface area contributed by atoms with Crippen LogP contribution in [0.4, 0.5) is 0 Å². The summed E-state index contributed by atoms with van der Waals surface area (Å²) in [7, 11) is 2.12. The van der Waals surface area contributed by atoms with E-state index in [2.05, 4.69) is 18.9 Å². The normalized spacial score (nSPS) is 24.9. The van der Waals surface area contributed by atoms with Crippen LogP contribution in [0.15, 0.2) is 16.5 Å². The SMILES string of the molecule is Cc1ccc(CN(C(=O)CN(C)[C@@H]2CCCC[C@@H]2C)C2CC2)o1. The molecule has 1 amide bonds. The Balaban J connectivity index is 1.59. The minimum atomic E-state index is 0.252. The largest absolute Gasteiger partial charge is 0.464 e. The molecular formula is C19H30N2O2. The molecule has 2 saturated carbocycles. The van der Waals surface area contributed by atoms with E-state index in [0.717, 1.165) is 24.4 Å². The number of carbonyl (C=O) groups excluding carboxylic acids is 1. The highest BCUT2D eigenvalue weighted by molar-refractivity contribution is 5.79. The lowest BCUT2D eigenvalue weighted by Gasteiger charge is -2.36. The van der Waals surface area contributed by atoms with Crippen molar-refractivity contribution in [3.8, 4) is 0 Å². The Hall–Kier alpha value is -1.29. The third kappa shape index (κ3) is 4.17. The van der Waals surface area contributed by atoms with Gasteiger partial charge in [-0.2, -0.15) is 0 Å². The standard InChI is InChI=1S/C19H30N2O2/c1-14-6-4-5-7-18(14)20(3)13-19(22)21(16-9-10-16)12-17-11-8-15(2)23-17/h8,11,14,16,18H,4-7,9-10,12-13H2,1-3H3/t14-,18+/m0/s1. The van der Waals surface area contributed by atoms with Crippen molar-refractivity contribution in [3.63, 3.8) is 0 Å². The molecule has 0 aromatic carbocycles. The number of nitrogens with zero attached hydrogens (tertiary/aromatic N) is 2. The van der Waals surface area contributed by atoms with E-state index in [1.54, 1.807) is 0 Å². The third-order valence-electron chi connectivity index (χ3n) is 5.45. The monoisotopic (exact) mass is 318 g/mol. The van der Waals surface area contributed by atoms with Crippen molar-refractivity contribution in [1.82, 2.24) is 9.80 Å². The van der Waals surface area contributed by atoms with Crippen molar-refractivity contribution in [2.75, 3.05) is 13.6 Å². The Morgan fingerprint density at radius 1 is 1.22 bits per heavy atom. The van der Waals surface area contributed by atoms with Crippen molar-refractivity contribution in [2.45, 2.75) is 71.0 Å². The van der Waals surface area contributed by atoms with Crippen LogP contribution in [0, 0.1) is 12.8 Å². The summed E-state index contributed by atoms with van der Waals surface area (Å²) in [6, 6.07) is 4.94. The van der Waals surface area contributed by atoms with Gasteiger partial charge < -0.3 is 9.32 Å². The van der Waals surface area contributed by atoms with Gasteiger partial charge in [0.25, 0.3) is 0 Å². The van der Waals surface area contributed by atoms with Crippen molar-refractivity contribution in [1.29, 1.82) is 0 Å². The first-order valence-corrected chi connectivity index (χ1v) is 9.09. The second-order valence-electron chi connectivity index (χ2n) is 7.51. The first-order valence-electron chi connectivity index (χ1n) is 9.09. The lowest BCUT2D eigenvalue weighted by Crippen LogP contribution is -2.46. The number of carbonyl (C=O) groups is 1. The van der Waals surface area contributed by atoms with E-state index in [1.807, 2.05) is 24.0 Å². The topological polar surface area (TPSA) is 36.7 Å². The maximum Gasteiger partial charge on any atom is 0.237 e. The Morgan fingerprint density at radius 3 is 2.57 bits per heavy atom. The fourth-order valence-electron chi connectivity index (χ4n) is 3.92. The van der Waals surface area contributed by atoms with Crippen LogP contribution in [0.3, 0.4) is 0 Å². The minimum Gasteiger partial charge on any atom is -0.464 e. The molecule has 2 atom stereocenters. The predicted octanol–water partition coefficient (Wildman–Crippen LogP) is 3.59. The second kappa shape index (κ2) is 7.08. The average molecular weight is 318 g/mol. The van der Waals surface area contributed by atoms with Crippen molar-refractivity contribution in [2.24, 2.45) is 5.92 Å². The van der Waals surface area contributed by atoms with E-state index in [1.165, 1.54) is 25.7 Å². The quantitative estimate of drug-likeness (QED) is 0.804. The highest BCUT2D eigenvalue weighted by Crippen LogP contribution is 2.30. The van der Waals surface area contributed by atoms with Gasteiger partial charge in [-0.25, -0.2) is 0 Å². The smallest absolute Gasteiger partial charge is 0.237 e. The van der Waals surface area contributed by atoms with Crippen LogP contribution in [-0.2, 0) is 11.3 Å². The molecule has 23 heavy (non-hydrogen) atoms. The number of hydrogen-bond acceptors (Lipinski definition) is 3. The summed E-state index contributed by atoms with van der Waals surface area (Å²) in [5.74, 6) is 2.76. The number of furan rings is 1. The molecule has 1 heterocycles. The Morgan fingerprint density at radius 2 is 1.96 bits per heavy atom. The number of hydrogen-bond donors (Lipinski definition) is 0. The third-order valence-corrected chi connectivity index (χ3v) is 5.45. The van der Waals surface area contributed by atoms with Crippen LogP contribution in [0.5, 0.6) is 0 Å². The van der Waals surface area contributed by atoms with Gasteiger partial charge in [0.15, 0.2) is 0 Å². The van der Waals surface area contributed by atoms with Gasteiger partial charge in [0.1, 0.15) is 11.5 Å². The molecule has 0 radical (unpaired) electrons. The minimum absolute atomic E-state index is 0.252. The molecule has 2 aliphatic carbocycles. The number of rotatable bonds is 6. The van der Waals surface area contributed by atoms with Crippen LogP contribution < -0.4 is 0 Å². The van der Waals surface area contributed by atoms with Gasteiger partial charge in [0, 0.05) is 12.1 Å².